The zero-order valence-electron chi connectivity index (χ0n) is 15.8. The van der Waals surface area contributed by atoms with Crippen LogP contribution in [0.4, 0.5) is 21.8 Å². The summed E-state index contributed by atoms with van der Waals surface area (Å²) in [5, 5.41) is 13.9. The molecule has 3 aliphatic rings. The molecule has 3 fully saturated rings. The molecular weight excluding hydrogens is 343 g/mol. The fourth-order valence-corrected chi connectivity index (χ4v) is 4.73. The number of H-pyrrole nitrogens is 1. The molecular formula is C20H27FN6. The van der Waals surface area contributed by atoms with Gasteiger partial charge < -0.3 is 15.5 Å². The summed E-state index contributed by atoms with van der Waals surface area (Å²) in [5.41, 5.74) is 1.68. The lowest BCUT2D eigenvalue weighted by Crippen LogP contribution is -2.56. The molecule has 7 heteroatoms. The van der Waals surface area contributed by atoms with E-state index in [2.05, 4.69) is 37.8 Å². The molecule has 2 aromatic rings. The van der Waals surface area contributed by atoms with Crippen LogP contribution >= 0.6 is 0 Å². The number of nitrogens with one attached hydrogen (secondary N) is 3. The molecule has 0 amide bonds. The van der Waals surface area contributed by atoms with E-state index in [1.165, 1.54) is 44.8 Å². The number of hydrogen-bond acceptors (Lipinski definition) is 5. The molecule has 1 spiro atoms. The molecule has 0 bridgehead atoms. The molecule has 2 aromatic heterocycles. The fourth-order valence-electron chi connectivity index (χ4n) is 4.73. The van der Waals surface area contributed by atoms with Crippen molar-refractivity contribution in [3.8, 4) is 0 Å². The van der Waals surface area contributed by atoms with Crippen molar-refractivity contribution < 1.29 is 4.39 Å². The van der Waals surface area contributed by atoms with Gasteiger partial charge in [-0.2, -0.15) is 5.10 Å². The molecule has 0 atom stereocenters. The van der Waals surface area contributed by atoms with E-state index in [0.717, 1.165) is 24.4 Å². The summed E-state index contributed by atoms with van der Waals surface area (Å²) in [7, 11) is 2.18. The highest BCUT2D eigenvalue weighted by Crippen LogP contribution is 2.43. The lowest BCUT2D eigenvalue weighted by atomic mass is 9.67. The first-order valence-corrected chi connectivity index (χ1v) is 10.0. The second kappa shape index (κ2) is 6.48. The standard InChI is InChI=1S/C20H27FN6/c1-27-11-20(12-27)8-6-14(7-9-20)22-19-15(21)4-5-17(24-19)23-18-10-16(25-26-18)13-2-3-13/h4-5,10,13-14H,2-3,6-9,11-12H2,1H3,(H3,22,23,24,25,26). The smallest absolute Gasteiger partial charge is 0.165 e. The lowest BCUT2D eigenvalue weighted by Gasteiger charge is -2.52. The van der Waals surface area contributed by atoms with Crippen LogP contribution in [0, 0.1) is 11.2 Å². The zero-order valence-corrected chi connectivity index (χ0v) is 15.8. The normalized spacial score (nSPS) is 22.6. The fraction of sp³-hybridized carbons (Fsp3) is 0.600. The number of pyridine rings is 1. The van der Waals surface area contributed by atoms with Crippen molar-refractivity contribution in [1.29, 1.82) is 0 Å². The number of aromatic amines is 1. The molecule has 6 nitrogen and oxygen atoms in total. The Morgan fingerprint density at radius 1 is 1.15 bits per heavy atom. The number of likely N-dealkylation sites (tertiary alicyclic amines) is 1. The Hall–Kier alpha value is -2.15. The molecule has 1 saturated heterocycles. The number of aromatic nitrogens is 3. The van der Waals surface area contributed by atoms with Gasteiger partial charge in [-0.1, -0.05) is 0 Å². The van der Waals surface area contributed by atoms with Crippen molar-refractivity contribution in [2.75, 3.05) is 30.8 Å². The predicted octanol–water partition coefficient (Wildman–Crippen LogP) is 3.85. The van der Waals surface area contributed by atoms with Gasteiger partial charge in [0.15, 0.2) is 17.5 Å². The van der Waals surface area contributed by atoms with Gasteiger partial charge in [0.1, 0.15) is 5.82 Å². The highest BCUT2D eigenvalue weighted by atomic mass is 19.1. The van der Waals surface area contributed by atoms with Gasteiger partial charge in [0, 0.05) is 36.8 Å². The third-order valence-electron chi connectivity index (χ3n) is 6.31. The van der Waals surface area contributed by atoms with E-state index in [-0.39, 0.29) is 5.82 Å². The average Bonchev–Trinajstić information content (AvgIpc) is 3.38. The molecule has 0 aromatic carbocycles. The molecule has 0 radical (unpaired) electrons. The minimum Gasteiger partial charge on any atom is -0.365 e. The average molecular weight is 370 g/mol. The van der Waals surface area contributed by atoms with E-state index in [1.807, 2.05) is 6.07 Å². The van der Waals surface area contributed by atoms with E-state index in [0.29, 0.717) is 29.0 Å². The molecule has 144 valence electrons. The minimum atomic E-state index is -0.301. The third kappa shape index (κ3) is 3.52. The van der Waals surface area contributed by atoms with E-state index < -0.39 is 0 Å². The van der Waals surface area contributed by atoms with Gasteiger partial charge in [-0.3, -0.25) is 5.10 Å². The Bertz CT molecular complexity index is 814. The van der Waals surface area contributed by atoms with Crippen molar-refractivity contribution >= 4 is 17.5 Å². The summed E-state index contributed by atoms with van der Waals surface area (Å²) in [6.07, 6.45) is 7.04. The van der Waals surface area contributed by atoms with Crippen molar-refractivity contribution in [2.24, 2.45) is 5.41 Å². The molecule has 1 aliphatic heterocycles. The summed E-state index contributed by atoms with van der Waals surface area (Å²) in [5.74, 6) is 2.00. The van der Waals surface area contributed by atoms with E-state index >= 15 is 0 Å². The molecule has 5 rings (SSSR count). The lowest BCUT2D eigenvalue weighted by molar-refractivity contribution is -0.0117. The van der Waals surface area contributed by atoms with Gasteiger partial charge in [0.05, 0.1) is 0 Å². The van der Waals surface area contributed by atoms with Gasteiger partial charge in [0.25, 0.3) is 0 Å². The van der Waals surface area contributed by atoms with Crippen molar-refractivity contribution in [1.82, 2.24) is 20.1 Å². The second-order valence-electron chi connectivity index (χ2n) is 8.73. The van der Waals surface area contributed by atoms with Crippen molar-refractivity contribution in [3.05, 3.63) is 29.7 Å². The van der Waals surface area contributed by atoms with Crippen LogP contribution in [-0.4, -0.2) is 46.3 Å². The summed E-state index contributed by atoms with van der Waals surface area (Å²) in [6, 6.07) is 5.45. The van der Waals surface area contributed by atoms with E-state index in [1.54, 1.807) is 6.07 Å². The van der Waals surface area contributed by atoms with Crippen LogP contribution in [0.1, 0.15) is 50.1 Å². The Morgan fingerprint density at radius 2 is 1.93 bits per heavy atom. The Morgan fingerprint density at radius 3 is 2.63 bits per heavy atom. The van der Waals surface area contributed by atoms with Gasteiger partial charge in [-0.25, -0.2) is 9.37 Å². The molecule has 3 heterocycles. The van der Waals surface area contributed by atoms with Crippen LogP contribution in [0.15, 0.2) is 18.2 Å². The number of halogens is 1. The molecule has 2 saturated carbocycles. The summed E-state index contributed by atoms with van der Waals surface area (Å²) in [4.78, 5) is 6.84. The Labute approximate surface area is 158 Å². The Kier molecular flexibility index (Phi) is 4.07. The monoisotopic (exact) mass is 370 g/mol. The number of nitrogens with zero attached hydrogens (tertiary/aromatic N) is 3. The molecule has 3 N–H and O–H groups in total. The number of anilines is 3. The van der Waals surface area contributed by atoms with Crippen LogP contribution in [0.2, 0.25) is 0 Å². The van der Waals surface area contributed by atoms with Gasteiger partial charge in [-0.05, 0) is 63.1 Å². The van der Waals surface area contributed by atoms with Gasteiger partial charge >= 0.3 is 0 Å². The van der Waals surface area contributed by atoms with Crippen LogP contribution in [0.3, 0.4) is 0 Å². The predicted molar refractivity (Wildman–Crippen MR) is 104 cm³/mol. The first-order chi connectivity index (χ1) is 13.1. The largest absolute Gasteiger partial charge is 0.365 e. The molecule has 27 heavy (non-hydrogen) atoms. The van der Waals surface area contributed by atoms with Gasteiger partial charge in [0.2, 0.25) is 0 Å². The van der Waals surface area contributed by atoms with Crippen LogP contribution in [-0.2, 0) is 0 Å². The van der Waals surface area contributed by atoms with Gasteiger partial charge in [-0.15, -0.1) is 0 Å². The molecule has 2 aliphatic carbocycles. The van der Waals surface area contributed by atoms with Crippen LogP contribution in [0.5, 0.6) is 0 Å². The van der Waals surface area contributed by atoms with Crippen molar-refractivity contribution in [3.63, 3.8) is 0 Å². The molecule has 0 unspecified atom stereocenters. The maximum absolute atomic E-state index is 14.3. The second-order valence-corrected chi connectivity index (χ2v) is 8.73. The minimum absolute atomic E-state index is 0.297. The Balaban J connectivity index is 1.22. The van der Waals surface area contributed by atoms with Crippen molar-refractivity contribution in [2.45, 2.75) is 50.5 Å². The maximum atomic E-state index is 14.3. The first kappa shape index (κ1) is 17.0. The van der Waals surface area contributed by atoms with Crippen LogP contribution in [0.25, 0.3) is 0 Å². The SMILES string of the molecule is CN1CC2(CCC(Nc3nc(Nc4cc(C5CC5)[nH]n4)ccc3F)CC2)C1. The van der Waals surface area contributed by atoms with E-state index in [9.17, 15) is 4.39 Å². The third-order valence-corrected chi connectivity index (χ3v) is 6.31. The summed E-state index contributed by atoms with van der Waals surface area (Å²) in [6.45, 7) is 2.41. The summed E-state index contributed by atoms with van der Waals surface area (Å²) < 4.78 is 14.3. The quantitative estimate of drug-likeness (QED) is 0.746. The maximum Gasteiger partial charge on any atom is 0.165 e. The first-order valence-electron chi connectivity index (χ1n) is 10.0. The number of rotatable bonds is 5. The topological polar surface area (TPSA) is 68.9 Å². The van der Waals surface area contributed by atoms with E-state index in [4.69, 9.17) is 0 Å². The highest BCUT2D eigenvalue weighted by Gasteiger charge is 2.43. The summed E-state index contributed by atoms with van der Waals surface area (Å²) >= 11 is 0. The zero-order chi connectivity index (χ0) is 18.4. The van der Waals surface area contributed by atoms with Crippen LogP contribution < -0.4 is 10.6 Å². The highest BCUT2D eigenvalue weighted by molar-refractivity contribution is 5.55. The number of hydrogen-bond donors (Lipinski definition) is 3.